The Kier molecular flexibility index (Phi) is 4.86. The Morgan fingerprint density at radius 1 is 1.16 bits per heavy atom. The Hall–Kier alpha value is -3.45. The molecule has 2 aromatic heterocycles. The van der Waals surface area contributed by atoms with Crippen molar-refractivity contribution in [2.24, 2.45) is 0 Å². The molecule has 2 saturated heterocycles. The smallest absolute Gasteiger partial charge is 0.333 e. The number of hydrogen-bond acceptors (Lipinski definition) is 9. The second-order valence-electron chi connectivity index (χ2n) is 7.62. The van der Waals surface area contributed by atoms with Gasteiger partial charge < -0.3 is 30.8 Å². The molecule has 6 N–H and O–H groups in total. The molecular formula is C20H22N6O6. The summed E-state index contributed by atoms with van der Waals surface area (Å²) >= 11 is 0. The molecule has 1 aromatic carbocycles. The first-order valence-corrected chi connectivity index (χ1v) is 9.97. The maximum atomic E-state index is 13.3. The normalized spacial score (nSPS) is 27.1. The number of fused-ring (bicyclic) bond motifs is 2. The van der Waals surface area contributed by atoms with Crippen molar-refractivity contribution in [3.8, 4) is 0 Å². The number of ether oxygens (including phenoxy) is 3. The fraction of sp³-hybridized carbons (Fsp3) is 0.350. The van der Waals surface area contributed by atoms with Gasteiger partial charge in [-0.3, -0.25) is 14.3 Å². The number of aromatic amines is 1. The SMILES string of the molecule is C=CCn1c(=O)n(C2OC(CO)[C@H]3OC(c4ccc(N)cc4)O[C@@H]23)c2nc(N)[nH]c(=O)c21. The number of nitrogens with two attached hydrogens (primary N) is 2. The minimum atomic E-state index is -1.01. The highest BCUT2D eigenvalue weighted by atomic mass is 16.8. The van der Waals surface area contributed by atoms with Crippen molar-refractivity contribution < 1.29 is 19.3 Å². The average Bonchev–Trinajstić information content (AvgIpc) is 3.40. The Labute approximate surface area is 180 Å². The molecule has 5 rings (SSSR count). The molecule has 32 heavy (non-hydrogen) atoms. The maximum absolute atomic E-state index is 13.3. The highest BCUT2D eigenvalue weighted by Gasteiger charge is 2.54. The van der Waals surface area contributed by atoms with E-state index in [0.717, 1.165) is 5.56 Å². The minimum absolute atomic E-state index is 0.0331. The van der Waals surface area contributed by atoms with E-state index in [1.807, 2.05) is 0 Å². The number of rotatable bonds is 5. The second-order valence-corrected chi connectivity index (χ2v) is 7.62. The van der Waals surface area contributed by atoms with Crippen LogP contribution in [0, 0.1) is 0 Å². The van der Waals surface area contributed by atoms with Crippen LogP contribution in [0.3, 0.4) is 0 Å². The van der Waals surface area contributed by atoms with Gasteiger partial charge in [-0.15, -0.1) is 6.58 Å². The van der Waals surface area contributed by atoms with Gasteiger partial charge in [0.05, 0.1) is 6.61 Å². The van der Waals surface area contributed by atoms with Gasteiger partial charge in [-0.2, -0.15) is 4.98 Å². The molecule has 4 heterocycles. The Morgan fingerprint density at radius 2 is 1.88 bits per heavy atom. The molecule has 0 aliphatic carbocycles. The first-order chi connectivity index (χ1) is 15.4. The van der Waals surface area contributed by atoms with Crippen LogP contribution in [-0.4, -0.2) is 49.1 Å². The summed E-state index contributed by atoms with van der Waals surface area (Å²) in [6.45, 7) is 3.36. The predicted octanol–water partition coefficient (Wildman–Crippen LogP) is -0.391. The van der Waals surface area contributed by atoms with Gasteiger partial charge in [-0.25, -0.2) is 9.36 Å². The average molecular weight is 442 g/mol. The molecular weight excluding hydrogens is 420 g/mol. The predicted molar refractivity (Wildman–Crippen MR) is 114 cm³/mol. The van der Waals surface area contributed by atoms with Crippen molar-refractivity contribution in [2.45, 2.75) is 37.4 Å². The molecule has 12 heteroatoms. The summed E-state index contributed by atoms with van der Waals surface area (Å²) in [7, 11) is 0. The van der Waals surface area contributed by atoms with Gasteiger partial charge in [0.2, 0.25) is 5.95 Å². The monoisotopic (exact) mass is 442 g/mol. The molecule has 2 aliphatic rings. The number of benzene rings is 1. The zero-order valence-electron chi connectivity index (χ0n) is 16.9. The van der Waals surface area contributed by atoms with Crippen LogP contribution in [0.2, 0.25) is 0 Å². The number of nitrogen functional groups attached to an aromatic ring is 2. The third-order valence-corrected chi connectivity index (χ3v) is 5.63. The van der Waals surface area contributed by atoms with Crippen molar-refractivity contribution in [3.05, 3.63) is 63.3 Å². The van der Waals surface area contributed by atoms with Gasteiger partial charge in [0.15, 0.2) is 23.7 Å². The number of allylic oxidation sites excluding steroid dienone is 1. The summed E-state index contributed by atoms with van der Waals surface area (Å²) in [5.74, 6) is -0.149. The first-order valence-electron chi connectivity index (χ1n) is 9.97. The molecule has 5 atom stereocenters. The van der Waals surface area contributed by atoms with Crippen LogP contribution in [0.4, 0.5) is 11.6 Å². The molecule has 0 saturated carbocycles. The third-order valence-electron chi connectivity index (χ3n) is 5.63. The Balaban J connectivity index is 1.61. The molecule has 3 aromatic rings. The van der Waals surface area contributed by atoms with Crippen LogP contribution in [-0.2, 0) is 20.8 Å². The van der Waals surface area contributed by atoms with Gasteiger partial charge in [-0.1, -0.05) is 18.2 Å². The van der Waals surface area contributed by atoms with Gasteiger partial charge in [-0.05, 0) is 12.1 Å². The lowest BCUT2D eigenvalue weighted by Crippen LogP contribution is -2.34. The van der Waals surface area contributed by atoms with E-state index in [0.29, 0.717) is 5.69 Å². The van der Waals surface area contributed by atoms with Gasteiger partial charge in [0.1, 0.15) is 18.3 Å². The lowest BCUT2D eigenvalue weighted by molar-refractivity contribution is -0.154. The van der Waals surface area contributed by atoms with Crippen LogP contribution < -0.4 is 22.7 Å². The van der Waals surface area contributed by atoms with E-state index in [2.05, 4.69) is 16.5 Å². The van der Waals surface area contributed by atoms with Gasteiger partial charge in [0, 0.05) is 17.8 Å². The van der Waals surface area contributed by atoms with Crippen molar-refractivity contribution in [2.75, 3.05) is 18.1 Å². The number of H-pyrrole nitrogens is 1. The second kappa shape index (κ2) is 7.60. The summed E-state index contributed by atoms with van der Waals surface area (Å²) < 4.78 is 20.5. The van der Waals surface area contributed by atoms with Crippen LogP contribution in [0.5, 0.6) is 0 Å². The molecule has 0 amide bonds. The molecule has 168 valence electrons. The van der Waals surface area contributed by atoms with Gasteiger partial charge >= 0.3 is 5.69 Å². The van der Waals surface area contributed by atoms with Crippen molar-refractivity contribution >= 4 is 22.8 Å². The number of nitrogens with one attached hydrogen (secondary N) is 1. The van der Waals surface area contributed by atoms with Crippen molar-refractivity contribution in [3.63, 3.8) is 0 Å². The number of hydrogen-bond donors (Lipinski definition) is 4. The van der Waals surface area contributed by atoms with E-state index < -0.39 is 42.1 Å². The highest BCUT2D eigenvalue weighted by Crippen LogP contribution is 2.44. The number of anilines is 2. The van der Waals surface area contributed by atoms with E-state index in [1.54, 1.807) is 24.3 Å². The standard InChI is InChI=1S/C20H22N6O6/c1-2-7-25-12-15(23-19(22)24-16(12)28)26(20(25)29)17-14-13(11(8-27)30-17)31-18(32-14)9-3-5-10(21)6-4-9/h2-6,11,13-14,17-18,27H,1,7-8,21H2,(H3,22,23,24,28)/t11?,13-,14-,17?,18?/m1/s1. The minimum Gasteiger partial charge on any atom is -0.399 e. The topological polar surface area (TPSA) is 173 Å². The van der Waals surface area contributed by atoms with Crippen molar-refractivity contribution in [1.82, 2.24) is 19.1 Å². The summed E-state index contributed by atoms with van der Waals surface area (Å²) in [4.78, 5) is 32.4. The zero-order chi connectivity index (χ0) is 22.6. The molecule has 0 radical (unpaired) electrons. The van der Waals surface area contributed by atoms with E-state index in [4.69, 9.17) is 25.7 Å². The summed E-state index contributed by atoms with van der Waals surface area (Å²) in [6, 6.07) is 6.99. The van der Waals surface area contributed by atoms with E-state index in [-0.39, 0.29) is 30.3 Å². The first kappa shape index (κ1) is 20.5. The van der Waals surface area contributed by atoms with Crippen molar-refractivity contribution in [1.29, 1.82) is 0 Å². The lowest BCUT2D eigenvalue weighted by Gasteiger charge is -2.20. The molecule has 2 aliphatic heterocycles. The third kappa shape index (κ3) is 3.04. The maximum Gasteiger partial charge on any atom is 0.333 e. The fourth-order valence-corrected chi connectivity index (χ4v) is 4.23. The van der Waals surface area contributed by atoms with Crippen LogP contribution in [0.25, 0.3) is 11.2 Å². The lowest BCUT2D eigenvalue weighted by atomic mass is 10.1. The molecule has 2 fully saturated rings. The summed E-state index contributed by atoms with van der Waals surface area (Å²) in [5.41, 5.74) is 11.8. The van der Waals surface area contributed by atoms with Crippen LogP contribution in [0.1, 0.15) is 18.1 Å². The van der Waals surface area contributed by atoms with Crippen LogP contribution >= 0.6 is 0 Å². The number of nitrogens with zero attached hydrogens (tertiary/aromatic N) is 3. The number of aliphatic hydroxyl groups is 1. The Bertz CT molecular complexity index is 1290. The molecule has 12 nitrogen and oxygen atoms in total. The van der Waals surface area contributed by atoms with E-state index in [9.17, 15) is 14.7 Å². The van der Waals surface area contributed by atoms with E-state index >= 15 is 0 Å². The number of aromatic nitrogens is 4. The summed E-state index contributed by atoms with van der Waals surface area (Å²) in [6.07, 6.45) is -2.43. The largest absolute Gasteiger partial charge is 0.399 e. The quantitative estimate of drug-likeness (QED) is 0.303. The van der Waals surface area contributed by atoms with Gasteiger partial charge in [0.25, 0.3) is 5.56 Å². The highest BCUT2D eigenvalue weighted by molar-refractivity contribution is 5.72. The molecule has 3 unspecified atom stereocenters. The summed E-state index contributed by atoms with van der Waals surface area (Å²) in [5, 5.41) is 9.86. The molecule has 0 spiro atoms. The van der Waals surface area contributed by atoms with E-state index in [1.165, 1.54) is 15.2 Å². The fourth-order valence-electron chi connectivity index (χ4n) is 4.23. The zero-order valence-corrected chi connectivity index (χ0v) is 16.9. The molecule has 0 bridgehead atoms. The number of imidazole rings is 1. The van der Waals surface area contributed by atoms with Crippen LogP contribution in [0.15, 0.2) is 46.5 Å². The Morgan fingerprint density at radius 3 is 2.56 bits per heavy atom. The number of aliphatic hydroxyl groups excluding tert-OH is 1.